The molecule has 4 aliphatic rings. The monoisotopic (exact) mass is 858 g/mol. The number of fused-ring (bicyclic) bond motifs is 3. The van der Waals surface area contributed by atoms with Crippen LogP contribution in [-0.2, 0) is 65.1 Å². The fourth-order valence-corrected chi connectivity index (χ4v) is 13.3. The van der Waals surface area contributed by atoms with Gasteiger partial charge in [-0.25, -0.2) is 4.79 Å². The summed E-state index contributed by atoms with van der Waals surface area (Å²) in [7, 11) is 2.71. The van der Waals surface area contributed by atoms with E-state index in [-0.39, 0.29) is 31.5 Å². The lowest BCUT2D eigenvalue weighted by Gasteiger charge is -2.55. The molecular formula is C47H58O13Si. The Labute approximate surface area is 359 Å². The van der Waals surface area contributed by atoms with E-state index in [2.05, 4.69) is 45.0 Å². The van der Waals surface area contributed by atoms with Gasteiger partial charge in [-0.3, -0.25) is 0 Å². The quantitative estimate of drug-likeness (QED) is 0.118. The van der Waals surface area contributed by atoms with E-state index < -0.39 is 75.2 Å². The van der Waals surface area contributed by atoms with Crippen LogP contribution in [0.25, 0.3) is 0 Å². The Kier molecular flexibility index (Phi) is 14.4. The molecule has 4 heterocycles. The van der Waals surface area contributed by atoms with Crippen molar-refractivity contribution < 1.29 is 61.7 Å². The summed E-state index contributed by atoms with van der Waals surface area (Å²) in [5, 5.41) is 13.3. The van der Waals surface area contributed by atoms with Crippen LogP contribution in [0.2, 0.25) is 5.04 Å². The van der Waals surface area contributed by atoms with Crippen LogP contribution in [0.1, 0.15) is 31.9 Å². The maximum absolute atomic E-state index is 13.4. The van der Waals surface area contributed by atoms with Gasteiger partial charge in [-0.15, -0.1) is 0 Å². The molecule has 4 saturated heterocycles. The van der Waals surface area contributed by atoms with Gasteiger partial charge >= 0.3 is 5.97 Å². The third-order valence-corrected chi connectivity index (χ3v) is 16.9. The summed E-state index contributed by atoms with van der Waals surface area (Å²) in [5.41, 5.74) is -0.130. The van der Waals surface area contributed by atoms with E-state index >= 15 is 0 Å². The zero-order chi connectivity index (χ0) is 43.2. The van der Waals surface area contributed by atoms with Crippen molar-refractivity contribution in [2.24, 2.45) is 0 Å². The zero-order valence-corrected chi connectivity index (χ0v) is 36.8. The van der Waals surface area contributed by atoms with Gasteiger partial charge in [-0.2, -0.15) is 0 Å². The molecular weight excluding hydrogens is 801 g/mol. The topological polar surface area (TPSA) is 139 Å². The normalized spacial score (nSPS) is 29.0. The van der Waals surface area contributed by atoms with Crippen molar-refractivity contribution in [3.05, 3.63) is 126 Å². The summed E-state index contributed by atoms with van der Waals surface area (Å²) in [6.45, 7) is 6.73. The van der Waals surface area contributed by atoms with Crippen LogP contribution in [0.15, 0.2) is 115 Å². The molecule has 0 saturated carbocycles. The molecule has 4 fully saturated rings. The average Bonchev–Trinajstić information content (AvgIpc) is 3.29. The molecule has 1 N–H and O–H groups in total. The molecule has 4 aliphatic heterocycles. The molecule has 4 aromatic carbocycles. The van der Waals surface area contributed by atoms with Gasteiger partial charge in [0.2, 0.25) is 5.60 Å². The first-order chi connectivity index (χ1) is 29.5. The number of aliphatic hydroxyl groups is 1. The second-order valence-corrected chi connectivity index (χ2v) is 20.8. The number of rotatable bonds is 17. The number of hydrogen-bond donors (Lipinski definition) is 1. The molecule has 10 atom stereocenters. The Morgan fingerprint density at radius 2 is 1.30 bits per heavy atom. The Morgan fingerprint density at radius 1 is 0.721 bits per heavy atom. The smallest absolute Gasteiger partial charge is 0.343 e. The minimum absolute atomic E-state index is 0.0327. The number of ether oxygens (including phenoxy) is 10. The van der Waals surface area contributed by atoms with Gasteiger partial charge in [0, 0.05) is 14.2 Å². The number of carbonyl (C=O) groups is 1. The van der Waals surface area contributed by atoms with Gasteiger partial charge in [0.05, 0.1) is 40.6 Å². The molecule has 8 rings (SSSR count). The standard InChI is InChI=1S/C47H58O13Si/c1-46(2,3)61(34-19-13-9-14-20-34,35-21-15-10-16-22-35)57-29-36-37(59-44-41-39(51-5)42(48)47(60-44,30-56-41)45(49)53-7)38(54-27-31-17-11-8-12-18-31)40(43(52-6)58-36)55-28-32-23-25-33(50-4)26-24-32/h8-26,36-44,48H,27-30H2,1-7H3/t36?,37-,38-,39?,40?,41-,42+,43+,44-,47?/m1/s1. The van der Waals surface area contributed by atoms with Crippen molar-refractivity contribution in [1.82, 2.24) is 0 Å². The highest BCUT2D eigenvalue weighted by molar-refractivity contribution is 6.99. The third kappa shape index (κ3) is 9.08. The average molecular weight is 859 g/mol. The van der Waals surface area contributed by atoms with Gasteiger partial charge in [-0.05, 0) is 38.7 Å². The highest BCUT2D eigenvalue weighted by Crippen LogP contribution is 2.43. The predicted octanol–water partition coefficient (Wildman–Crippen LogP) is 4.54. The molecule has 328 valence electrons. The molecule has 13 nitrogen and oxygen atoms in total. The van der Waals surface area contributed by atoms with Crippen molar-refractivity contribution in [1.29, 1.82) is 0 Å². The van der Waals surface area contributed by atoms with Crippen LogP contribution in [0, 0.1) is 0 Å². The number of aliphatic hydroxyl groups excluding tert-OH is 1. The minimum Gasteiger partial charge on any atom is -0.497 e. The van der Waals surface area contributed by atoms with Crippen molar-refractivity contribution >= 4 is 24.7 Å². The molecule has 2 bridgehead atoms. The maximum atomic E-state index is 13.4. The Morgan fingerprint density at radius 3 is 1.84 bits per heavy atom. The van der Waals surface area contributed by atoms with Gasteiger partial charge in [0.15, 0.2) is 12.6 Å². The summed E-state index contributed by atoms with van der Waals surface area (Å²) in [5.74, 6) is -0.105. The van der Waals surface area contributed by atoms with Gasteiger partial charge < -0.3 is 56.9 Å². The first kappa shape index (κ1) is 45.0. The number of benzene rings is 4. The summed E-state index contributed by atoms with van der Waals surface area (Å²) in [4.78, 5) is 13.4. The lowest BCUT2D eigenvalue weighted by Crippen LogP contribution is -2.76. The number of carbonyl (C=O) groups excluding carboxylic acids is 1. The van der Waals surface area contributed by atoms with Crippen LogP contribution in [0.3, 0.4) is 0 Å². The largest absolute Gasteiger partial charge is 0.497 e. The molecule has 0 spiro atoms. The van der Waals surface area contributed by atoms with E-state index in [9.17, 15) is 9.90 Å². The number of hydrogen-bond acceptors (Lipinski definition) is 13. The number of methoxy groups -OCH3 is 4. The molecule has 14 heteroatoms. The number of esters is 1. The van der Waals surface area contributed by atoms with Gasteiger partial charge in [-0.1, -0.05) is 124 Å². The fraction of sp³-hybridized carbons (Fsp3) is 0.468. The second kappa shape index (κ2) is 19.6. The Balaban J connectivity index is 1.31. The van der Waals surface area contributed by atoms with E-state index in [0.29, 0.717) is 5.75 Å². The van der Waals surface area contributed by atoms with E-state index in [1.54, 1.807) is 14.2 Å². The van der Waals surface area contributed by atoms with E-state index in [1.165, 1.54) is 14.2 Å². The van der Waals surface area contributed by atoms with Crippen molar-refractivity contribution in [2.75, 3.05) is 41.7 Å². The highest BCUT2D eigenvalue weighted by atomic mass is 28.4. The molecule has 61 heavy (non-hydrogen) atoms. The van der Waals surface area contributed by atoms with Crippen molar-refractivity contribution in [2.45, 2.75) is 99.9 Å². The van der Waals surface area contributed by atoms with Crippen LogP contribution in [0.4, 0.5) is 0 Å². The van der Waals surface area contributed by atoms with E-state index in [0.717, 1.165) is 21.5 Å². The van der Waals surface area contributed by atoms with Crippen LogP contribution >= 0.6 is 0 Å². The minimum atomic E-state index is -3.12. The van der Waals surface area contributed by atoms with E-state index in [4.69, 9.17) is 51.8 Å². The zero-order valence-electron chi connectivity index (χ0n) is 35.8. The van der Waals surface area contributed by atoms with Crippen LogP contribution in [0.5, 0.6) is 5.75 Å². The fourth-order valence-electron chi connectivity index (χ4n) is 8.76. The molecule has 4 unspecified atom stereocenters. The summed E-state index contributed by atoms with van der Waals surface area (Å²) >= 11 is 0. The van der Waals surface area contributed by atoms with E-state index in [1.807, 2.05) is 91.0 Å². The lowest BCUT2D eigenvalue weighted by atomic mass is 9.84. The van der Waals surface area contributed by atoms with Crippen molar-refractivity contribution in [3.8, 4) is 5.75 Å². The van der Waals surface area contributed by atoms with Crippen LogP contribution in [-0.4, -0.2) is 122 Å². The van der Waals surface area contributed by atoms with Crippen molar-refractivity contribution in [3.63, 3.8) is 0 Å². The summed E-state index contributed by atoms with van der Waals surface area (Å²) in [6.07, 6.45) is -9.14. The molecule has 0 aromatic heterocycles. The third-order valence-electron chi connectivity index (χ3n) is 11.9. The SMILES string of the molecule is COC(=O)C12CO[C@H](C(OC)[C@@H]1O)[C@H](O[C@@H]1C(CO[Si](c3ccccc3)(c3ccccc3)C(C)(C)C)O[C@H](OC)C(OCc3ccc(OC)cc3)[C@@H]1OCc1ccccc1)O2. The molecule has 0 radical (unpaired) electrons. The first-order valence-corrected chi connectivity index (χ1v) is 22.5. The lowest BCUT2D eigenvalue weighted by molar-refractivity contribution is -0.411. The Hall–Kier alpha value is -4.03. The Bertz CT molecular complexity index is 1940. The second-order valence-electron chi connectivity index (χ2n) is 16.5. The predicted molar refractivity (Wildman–Crippen MR) is 227 cm³/mol. The highest BCUT2D eigenvalue weighted by Gasteiger charge is 2.66. The maximum Gasteiger partial charge on any atom is 0.343 e. The van der Waals surface area contributed by atoms with Crippen LogP contribution < -0.4 is 15.1 Å². The van der Waals surface area contributed by atoms with Gasteiger partial charge in [0.1, 0.15) is 48.5 Å². The summed E-state index contributed by atoms with van der Waals surface area (Å²) in [6, 6.07) is 38.0. The molecule has 0 amide bonds. The van der Waals surface area contributed by atoms with Gasteiger partial charge in [0.25, 0.3) is 8.32 Å². The molecule has 0 aliphatic carbocycles. The first-order valence-electron chi connectivity index (χ1n) is 20.6. The molecule has 4 aromatic rings. The summed E-state index contributed by atoms with van der Waals surface area (Å²) < 4.78 is 70.0.